The Kier molecular flexibility index (Phi) is 15.8. The molecule has 4 nitrogen and oxygen atoms in total. The number of rotatable bonds is 22. The van der Waals surface area contributed by atoms with Crippen LogP contribution in [-0.2, 0) is 25.7 Å². The van der Waals surface area contributed by atoms with E-state index in [4.69, 9.17) is 14.2 Å². The summed E-state index contributed by atoms with van der Waals surface area (Å²) in [5.74, 6) is -2.36. The van der Waals surface area contributed by atoms with Crippen LogP contribution in [0, 0.1) is 29.2 Å². The lowest BCUT2D eigenvalue weighted by Gasteiger charge is -2.12. The van der Waals surface area contributed by atoms with Gasteiger partial charge in [0.15, 0.2) is 23.1 Å². The summed E-state index contributed by atoms with van der Waals surface area (Å²) in [6, 6.07) is 21.2. The topological polar surface area (TPSA) is 47.9 Å². The van der Waals surface area contributed by atoms with E-state index in [9.17, 15) is 22.7 Å². The minimum Gasteiger partial charge on any atom is -0.505 e. The molecule has 0 amide bonds. The fourth-order valence-corrected chi connectivity index (χ4v) is 5.93. The summed E-state index contributed by atoms with van der Waals surface area (Å²) < 4.78 is 72.9. The van der Waals surface area contributed by atoms with Crippen LogP contribution in [0.2, 0.25) is 0 Å². The summed E-state index contributed by atoms with van der Waals surface area (Å²) in [5.41, 5.74) is 2.63. The molecule has 8 heteroatoms. The predicted octanol–water partition coefficient (Wildman–Crippen LogP) is 11.1. The minimum absolute atomic E-state index is 0.0513. The molecule has 0 heterocycles. The van der Waals surface area contributed by atoms with Gasteiger partial charge in [0, 0.05) is 0 Å². The van der Waals surface area contributed by atoms with Crippen LogP contribution < -0.4 is 14.2 Å². The van der Waals surface area contributed by atoms with E-state index in [0.29, 0.717) is 50.4 Å². The van der Waals surface area contributed by atoms with Crippen molar-refractivity contribution in [2.75, 3.05) is 19.8 Å². The average Bonchev–Trinajstić information content (AvgIpc) is 3.12. The first-order valence-corrected chi connectivity index (χ1v) is 17.9. The van der Waals surface area contributed by atoms with Gasteiger partial charge in [-0.2, -0.15) is 8.78 Å². The van der Waals surface area contributed by atoms with Gasteiger partial charge in [0.2, 0.25) is 11.6 Å². The summed E-state index contributed by atoms with van der Waals surface area (Å²) in [6.07, 6.45) is 11.0. The Morgan fingerprint density at radius 1 is 0.520 bits per heavy atom. The summed E-state index contributed by atoms with van der Waals surface area (Å²) in [4.78, 5) is 0. The molecule has 4 aromatic carbocycles. The number of phenolic OH excluding ortho intramolecular Hbond substituents is 1. The van der Waals surface area contributed by atoms with Crippen LogP contribution in [-0.4, -0.2) is 24.9 Å². The average molecular weight is 695 g/mol. The van der Waals surface area contributed by atoms with E-state index in [0.717, 1.165) is 48.3 Å². The smallest absolute Gasteiger partial charge is 0.200 e. The number of unbranched alkanes of at least 4 members (excludes halogenated alkanes) is 4. The second-order valence-electron chi connectivity index (χ2n) is 12.9. The molecule has 0 aliphatic rings. The Bertz CT molecular complexity index is 1590. The van der Waals surface area contributed by atoms with Crippen LogP contribution in [0.25, 0.3) is 0 Å². The van der Waals surface area contributed by atoms with Crippen LogP contribution in [0.5, 0.6) is 23.0 Å². The number of aryl methyl sites for hydroxylation is 4. The highest BCUT2D eigenvalue weighted by Crippen LogP contribution is 2.25. The number of hydrogen-bond donors (Lipinski definition) is 1. The highest BCUT2D eigenvalue weighted by Gasteiger charge is 2.15. The van der Waals surface area contributed by atoms with Gasteiger partial charge in [0.25, 0.3) is 0 Å². The Hall–Kier alpha value is -4.20. The van der Waals surface area contributed by atoms with Crippen molar-refractivity contribution in [3.63, 3.8) is 0 Å². The molecular formula is C42H50F4O4. The van der Waals surface area contributed by atoms with E-state index in [-0.39, 0.29) is 17.9 Å². The minimum atomic E-state index is -1.20. The summed E-state index contributed by atoms with van der Waals surface area (Å²) >= 11 is 0. The van der Waals surface area contributed by atoms with Gasteiger partial charge in [0.05, 0.1) is 19.8 Å². The van der Waals surface area contributed by atoms with Gasteiger partial charge in [0.1, 0.15) is 11.5 Å². The molecule has 270 valence electrons. The fraction of sp³-hybridized carbons (Fsp3) is 0.429. The molecule has 1 N–H and O–H groups in total. The van der Waals surface area contributed by atoms with Gasteiger partial charge in [-0.25, -0.2) is 8.78 Å². The molecule has 0 saturated carbocycles. The number of benzene rings is 4. The van der Waals surface area contributed by atoms with Crippen molar-refractivity contribution in [3.05, 3.63) is 118 Å². The van der Waals surface area contributed by atoms with E-state index in [1.807, 2.05) is 48.5 Å². The molecule has 0 aliphatic heterocycles. The third kappa shape index (κ3) is 12.3. The second kappa shape index (κ2) is 20.5. The number of aromatic hydroxyl groups is 1. The molecular weight excluding hydrogens is 644 g/mol. The quantitative estimate of drug-likeness (QED) is 0.0657. The van der Waals surface area contributed by atoms with Crippen LogP contribution in [0.15, 0.2) is 72.8 Å². The van der Waals surface area contributed by atoms with Crippen molar-refractivity contribution in [3.8, 4) is 23.0 Å². The first-order chi connectivity index (χ1) is 24.2. The Morgan fingerprint density at radius 3 is 1.50 bits per heavy atom. The van der Waals surface area contributed by atoms with Gasteiger partial charge in [-0.1, -0.05) is 81.8 Å². The zero-order chi connectivity index (χ0) is 35.7. The highest BCUT2D eigenvalue weighted by atomic mass is 19.2. The van der Waals surface area contributed by atoms with Crippen molar-refractivity contribution in [1.29, 1.82) is 0 Å². The number of phenols is 1. The molecule has 0 aliphatic carbocycles. The van der Waals surface area contributed by atoms with Crippen LogP contribution in [0.4, 0.5) is 17.6 Å². The molecule has 1 atom stereocenters. The maximum absolute atomic E-state index is 14.4. The van der Waals surface area contributed by atoms with Gasteiger partial charge >= 0.3 is 0 Å². The monoisotopic (exact) mass is 694 g/mol. The lowest BCUT2D eigenvalue weighted by molar-refractivity contribution is 0.297. The standard InChI is InChI=1S/C42H50F4O4/c1-3-48-38-27-21-34(40(44)42(38)46)19-13-32-16-24-36(25-17-32)50-29-9-5-7-11-30(2)10-6-4-8-28-49-35-22-14-31(15-23-35)12-18-33-20-26-37(47)41(45)39(33)43/h14-17,20-27,30,47H,3-13,18-19,28-29H2,1-2H3. The molecule has 0 aromatic heterocycles. The van der Waals surface area contributed by atoms with Crippen molar-refractivity contribution < 1.29 is 36.9 Å². The Labute approximate surface area is 294 Å². The van der Waals surface area contributed by atoms with Crippen LogP contribution >= 0.6 is 0 Å². The van der Waals surface area contributed by atoms with Crippen molar-refractivity contribution in [2.24, 2.45) is 5.92 Å². The molecule has 1 unspecified atom stereocenters. The van der Waals surface area contributed by atoms with Crippen LogP contribution in [0.1, 0.15) is 87.5 Å². The van der Waals surface area contributed by atoms with E-state index >= 15 is 0 Å². The van der Waals surface area contributed by atoms with E-state index in [1.54, 1.807) is 13.0 Å². The van der Waals surface area contributed by atoms with E-state index < -0.39 is 29.0 Å². The normalized spacial score (nSPS) is 11.8. The van der Waals surface area contributed by atoms with Gasteiger partial charge in [-0.3, -0.25) is 0 Å². The van der Waals surface area contributed by atoms with Gasteiger partial charge in [-0.15, -0.1) is 0 Å². The molecule has 4 rings (SSSR count). The molecule has 4 aromatic rings. The maximum Gasteiger partial charge on any atom is 0.200 e. The number of halogens is 4. The summed E-state index contributed by atoms with van der Waals surface area (Å²) in [6.45, 7) is 5.69. The summed E-state index contributed by atoms with van der Waals surface area (Å²) in [5, 5.41) is 9.27. The maximum atomic E-state index is 14.4. The molecule has 0 spiro atoms. The largest absolute Gasteiger partial charge is 0.505 e. The molecule has 0 saturated heterocycles. The van der Waals surface area contributed by atoms with Gasteiger partial charge in [-0.05, 0) is 110 Å². The zero-order valence-corrected chi connectivity index (χ0v) is 29.3. The number of ether oxygens (including phenoxy) is 3. The zero-order valence-electron chi connectivity index (χ0n) is 29.3. The van der Waals surface area contributed by atoms with Crippen molar-refractivity contribution in [2.45, 2.75) is 90.9 Å². The predicted molar refractivity (Wildman–Crippen MR) is 190 cm³/mol. The van der Waals surface area contributed by atoms with E-state index in [2.05, 4.69) is 6.92 Å². The van der Waals surface area contributed by atoms with Gasteiger partial charge < -0.3 is 19.3 Å². The first kappa shape index (κ1) is 38.6. The number of hydrogen-bond acceptors (Lipinski definition) is 4. The molecule has 0 radical (unpaired) electrons. The highest BCUT2D eigenvalue weighted by molar-refractivity contribution is 5.34. The third-order valence-electron chi connectivity index (χ3n) is 9.00. The Balaban J connectivity index is 0.988. The SMILES string of the molecule is CCOc1ccc(CCc2ccc(OCCCCCC(C)CCCCCOc3ccc(CCc4ccc(O)c(F)c4F)cc3)cc2)c(F)c1F. The van der Waals surface area contributed by atoms with Crippen molar-refractivity contribution >= 4 is 0 Å². The van der Waals surface area contributed by atoms with E-state index in [1.165, 1.54) is 43.9 Å². The van der Waals surface area contributed by atoms with Crippen LogP contribution in [0.3, 0.4) is 0 Å². The lowest BCUT2D eigenvalue weighted by Crippen LogP contribution is -2.02. The lowest BCUT2D eigenvalue weighted by atomic mass is 9.97. The first-order valence-electron chi connectivity index (χ1n) is 17.9. The summed E-state index contributed by atoms with van der Waals surface area (Å²) in [7, 11) is 0. The third-order valence-corrected chi connectivity index (χ3v) is 9.00. The Morgan fingerprint density at radius 2 is 1.00 bits per heavy atom. The second-order valence-corrected chi connectivity index (χ2v) is 12.9. The molecule has 0 fully saturated rings. The molecule has 0 bridgehead atoms. The molecule has 50 heavy (non-hydrogen) atoms. The van der Waals surface area contributed by atoms with Crippen molar-refractivity contribution in [1.82, 2.24) is 0 Å². The fourth-order valence-electron chi connectivity index (χ4n) is 5.93.